The monoisotopic (exact) mass is 396 g/mol. The van der Waals surface area contributed by atoms with Crippen molar-refractivity contribution in [2.45, 2.75) is 4.90 Å². The Morgan fingerprint density at radius 2 is 1.74 bits per heavy atom. The van der Waals surface area contributed by atoms with Crippen LogP contribution >= 0.6 is 11.3 Å². The molecule has 1 amide bonds. The maximum Gasteiger partial charge on any atom is 0.279 e. The summed E-state index contributed by atoms with van der Waals surface area (Å²) in [6, 6.07) is 18.3. The van der Waals surface area contributed by atoms with E-state index in [2.05, 4.69) is 4.99 Å². The Hall–Kier alpha value is -2.77. The molecule has 0 saturated heterocycles. The van der Waals surface area contributed by atoms with E-state index in [0.29, 0.717) is 10.4 Å². The lowest BCUT2D eigenvalue weighted by atomic mass is 10.1. The topological polar surface area (TPSA) is 68.5 Å². The van der Waals surface area contributed by atoms with Crippen LogP contribution < -0.4 is 4.80 Å². The molecule has 0 aliphatic heterocycles. The molecule has 0 unspecified atom stereocenters. The Bertz CT molecular complexity index is 1380. The van der Waals surface area contributed by atoms with E-state index >= 15 is 0 Å². The van der Waals surface area contributed by atoms with Crippen molar-refractivity contribution in [1.29, 1.82) is 0 Å². The third-order valence-electron chi connectivity index (χ3n) is 4.40. The second-order valence-corrected chi connectivity index (χ2v) is 9.35. The molecule has 7 heteroatoms. The summed E-state index contributed by atoms with van der Waals surface area (Å²) in [5, 5.41) is 2.05. The molecule has 0 N–H and O–H groups in total. The average molecular weight is 396 g/mol. The van der Waals surface area contributed by atoms with Gasteiger partial charge in [0.15, 0.2) is 14.6 Å². The van der Waals surface area contributed by atoms with Crippen LogP contribution in [-0.4, -0.2) is 25.1 Å². The lowest BCUT2D eigenvalue weighted by molar-refractivity contribution is 0.0998. The van der Waals surface area contributed by atoms with E-state index in [1.54, 1.807) is 28.8 Å². The normalized spacial score (nSPS) is 12.7. The number of carbonyl (C=O) groups excluding carboxylic acids is 1. The summed E-state index contributed by atoms with van der Waals surface area (Å²) < 4.78 is 26.1. The molecule has 0 radical (unpaired) electrons. The number of amides is 1. The third kappa shape index (κ3) is 3.31. The Balaban J connectivity index is 1.81. The zero-order chi connectivity index (χ0) is 19.2. The Labute approximate surface area is 160 Å². The van der Waals surface area contributed by atoms with Crippen LogP contribution in [0.2, 0.25) is 0 Å². The van der Waals surface area contributed by atoms with Crippen molar-refractivity contribution in [3.8, 4) is 0 Å². The van der Waals surface area contributed by atoms with Gasteiger partial charge < -0.3 is 4.57 Å². The molecule has 27 heavy (non-hydrogen) atoms. The van der Waals surface area contributed by atoms with Gasteiger partial charge in [0.2, 0.25) is 0 Å². The second-order valence-electron chi connectivity index (χ2n) is 6.32. The minimum absolute atomic E-state index is 0.254. The highest BCUT2D eigenvalue weighted by Gasteiger charge is 2.12. The van der Waals surface area contributed by atoms with Crippen molar-refractivity contribution < 1.29 is 13.2 Å². The van der Waals surface area contributed by atoms with Crippen molar-refractivity contribution in [2.24, 2.45) is 12.0 Å². The molecule has 1 heterocycles. The maximum atomic E-state index is 12.6. The smallest absolute Gasteiger partial charge is 0.279 e. The highest BCUT2D eigenvalue weighted by atomic mass is 32.2. The summed E-state index contributed by atoms with van der Waals surface area (Å²) in [6.07, 6.45) is 1.18. The number of fused-ring (bicyclic) bond motifs is 2. The van der Waals surface area contributed by atoms with Crippen LogP contribution in [-0.2, 0) is 16.9 Å². The molecule has 0 spiro atoms. The fourth-order valence-corrected chi connectivity index (χ4v) is 4.70. The highest BCUT2D eigenvalue weighted by Crippen LogP contribution is 2.21. The Kier molecular flexibility index (Phi) is 4.20. The Morgan fingerprint density at radius 1 is 1.00 bits per heavy atom. The van der Waals surface area contributed by atoms with E-state index in [1.165, 1.54) is 17.6 Å². The molecule has 136 valence electrons. The first-order valence-electron chi connectivity index (χ1n) is 8.20. The number of aromatic nitrogens is 1. The van der Waals surface area contributed by atoms with Crippen LogP contribution in [0, 0.1) is 0 Å². The maximum absolute atomic E-state index is 12.6. The molecule has 0 aliphatic rings. The summed E-state index contributed by atoms with van der Waals surface area (Å²) in [4.78, 5) is 17.7. The van der Waals surface area contributed by atoms with Crippen LogP contribution in [0.25, 0.3) is 21.0 Å². The van der Waals surface area contributed by atoms with E-state index in [9.17, 15) is 13.2 Å². The molecule has 4 aromatic rings. The summed E-state index contributed by atoms with van der Waals surface area (Å²) >= 11 is 1.29. The number of hydrogen-bond acceptors (Lipinski definition) is 4. The number of thiazole rings is 1. The van der Waals surface area contributed by atoms with Gasteiger partial charge in [0.1, 0.15) is 0 Å². The van der Waals surface area contributed by atoms with Crippen LogP contribution in [0.1, 0.15) is 10.4 Å². The molecule has 4 rings (SSSR count). The van der Waals surface area contributed by atoms with E-state index in [0.717, 1.165) is 21.0 Å². The van der Waals surface area contributed by atoms with Gasteiger partial charge in [0, 0.05) is 18.9 Å². The summed E-state index contributed by atoms with van der Waals surface area (Å²) in [5.74, 6) is -0.328. The van der Waals surface area contributed by atoms with E-state index < -0.39 is 9.84 Å². The number of carbonyl (C=O) groups is 1. The van der Waals surface area contributed by atoms with Gasteiger partial charge in [-0.1, -0.05) is 41.7 Å². The first-order chi connectivity index (χ1) is 12.8. The van der Waals surface area contributed by atoms with Crippen molar-refractivity contribution in [2.75, 3.05) is 6.26 Å². The predicted molar refractivity (Wildman–Crippen MR) is 108 cm³/mol. The first-order valence-corrected chi connectivity index (χ1v) is 10.9. The molecule has 0 fully saturated rings. The molecule has 3 aromatic carbocycles. The molecular formula is C20H16N2O3S2. The minimum atomic E-state index is -3.28. The van der Waals surface area contributed by atoms with Crippen LogP contribution in [0.15, 0.2) is 70.6 Å². The van der Waals surface area contributed by atoms with Crippen LogP contribution in [0.4, 0.5) is 0 Å². The summed E-state index contributed by atoms with van der Waals surface area (Å²) in [7, 11) is -1.47. The molecule has 5 nitrogen and oxygen atoms in total. The van der Waals surface area contributed by atoms with Crippen molar-refractivity contribution in [3.63, 3.8) is 0 Å². The van der Waals surface area contributed by atoms with Gasteiger partial charge >= 0.3 is 0 Å². The zero-order valence-electron chi connectivity index (χ0n) is 14.7. The van der Waals surface area contributed by atoms with Crippen molar-refractivity contribution in [1.82, 2.24) is 4.57 Å². The number of hydrogen-bond donors (Lipinski definition) is 0. The molecular weight excluding hydrogens is 380 g/mol. The van der Waals surface area contributed by atoms with Crippen LogP contribution in [0.5, 0.6) is 0 Å². The number of sulfone groups is 1. The van der Waals surface area contributed by atoms with E-state index in [4.69, 9.17) is 0 Å². The zero-order valence-corrected chi connectivity index (χ0v) is 16.3. The number of rotatable bonds is 2. The molecule has 0 aliphatic carbocycles. The molecule has 1 aromatic heterocycles. The first kappa shape index (κ1) is 17.6. The van der Waals surface area contributed by atoms with Gasteiger partial charge in [0.25, 0.3) is 5.91 Å². The minimum Gasteiger partial charge on any atom is -0.319 e. The molecule has 0 bridgehead atoms. The van der Waals surface area contributed by atoms with Gasteiger partial charge in [-0.25, -0.2) is 8.42 Å². The largest absolute Gasteiger partial charge is 0.319 e. The SMILES string of the molecule is Cn1c(=NC(=O)c2ccc3ccccc3c2)sc2cc(S(C)(=O)=O)ccc21. The Morgan fingerprint density at radius 3 is 2.48 bits per heavy atom. The third-order valence-corrected chi connectivity index (χ3v) is 6.61. The van der Waals surface area contributed by atoms with Crippen molar-refractivity contribution in [3.05, 3.63) is 71.0 Å². The van der Waals surface area contributed by atoms with E-state index in [-0.39, 0.29) is 10.8 Å². The molecule has 0 saturated carbocycles. The van der Waals surface area contributed by atoms with Gasteiger partial charge in [-0.2, -0.15) is 4.99 Å². The number of nitrogens with zero attached hydrogens (tertiary/aromatic N) is 2. The van der Waals surface area contributed by atoms with Gasteiger partial charge in [-0.05, 0) is 41.1 Å². The van der Waals surface area contributed by atoms with Crippen LogP contribution in [0.3, 0.4) is 0 Å². The number of benzene rings is 3. The van der Waals surface area contributed by atoms with Gasteiger partial charge in [-0.3, -0.25) is 4.79 Å². The highest BCUT2D eigenvalue weighted by molar-refractivity contribution is 7.90. The molecule has 0 atom stereocenters. The summed E-state index contributed by atoms with van der Waals surface area (Å²) in [6.45, 7) is 0. The second kappa shape index (κ2) is 6.44. The number of aryl methyl sites for hydroxylation is 1. The fourth-order valence-electron chi connectivity index (χ4n) is 2.93. The van der Waals surface area contributed by atoms with Gasteiger partial charge in [-0.15, -0.1) is 0 Å². The fraction of sp³-hybridized carbons (Fsp3) is 0.100. The average Bonchev–Trinajstić information content (AvgIpc) is 2.95. The summed E-state index contributed by atoms with van der Waals surface area (Å²) in [5.41, 5.74) is 1.35. The predicted octanol–water partition coefficient (Wildman–Crippen LogP) is 3.54. The van der Waals surface area contributed by atoms with E-state index in [1.807, 2.05) is 43.4 Å². The van der Waals surface area contributed by atoms with Gasteiger partial charge in [0.05, 0.1) is 15.1 Å². The van der Waals surface area contributed by atoms with Crippen molar-refractivity contribution >= 4 is 48.1 Å². The lowest BCUT2D eigenvalue weighted by Gasteiger charge is -2.00. The standard InChI is InChI=1S/C20H16N2O3S2/c1-22-17-10-9-16(27(2,24)25)12-18(17)26-20(22)21-19(23)15-8-7-13-5-3-4-6-14(13)11-15/h3-12H,1-2H3. The quantitative estimate of drug-likeness (QED) is 0.520. The lowest BCUT2D eigenvalue weighted by Crippen LogP contribution is -2.13.